The third-order valence-electron chi connectivity index (χ3n) is 9.39. The topological polar surface area (TPSA) is 149 Å². The van der Waals surface area contributed by atoms with E-state index >= 15 is 0 Å². The number of phenols is 1. The third kappa shape index (κ3) is 15.5. The summed E-state index contributed by atoms with van der Waals surface area (Å²) in [5.74, 6) is 0.688. The maximum absolute atomic E-state index is 11.7. The van der Waals surface area contributed by atoms with Crippen LogP contribution in [0.15, 0.2) is 84.9 Å². The van der Waals surface area contributed by atoms with Crippen LogP contribution in [0.4, 0.5) is 0 Å². The fourth-order valence-corrected chi connectivity index (χ4v) is 8.46. The van der Waals surface area contributed by atoms with E-state index < -0.39 is 26.2 Å². The molecule has 0 bridgehead atoms. The number of nitrogens with zero attached hydrogens (tertiary/aromatic N) is 2. The van der Waals surface area contributed by atoms with Crippen molar-refractivity contribution in [2.45, 2.75) is 64.1 Å². The molecule has 2 heterocycles. The van der Waals surface area contributed by atoms with Crippen LogP contribution < -0.4 is 15.4 Å². The molecule has 4 N–H and O–H groups in total. The highest BCUT2D eigenvalue weighted by Gasteiger charge is 2.30. The average Bonchev–Trinajstić information content (AvgIpc) is 3.82. The van der Waals surface area contributed by atoms with Gasteiger partial charge in [-0.15, -0.1) is 0 Å². The fraction of sp³-hybridized carbons (Fsp3) is 0.400. The van der Waals surface area contributed by atoms with E-state index in [0.717, 1.165) is 33.5 Å². The maximum atomic E-state index is 11.7. The Morgan fingerprint density at radius 3 is 1.63 bits per heavy atom. The Bertz CT molecular complexity index is 2170. The summed E-state index contributed by atoms with van der Waals surface area (Å²) in [6.07, 6.45) is 2.93. The normalized spacial score (nSPS) is 18.5. The molecule has 4 aromatic rings. The van der Waals surface area contributed by atoms with Gasteiger partial charge in [0.25, 0.3) is 0 Å². The molecule has 57 heavy (non-hydrogen) atoms. The first-order valence-electron chi connectivity index (χ1n) is 18.3. The molecule has 2 fully saturated rings. The number of rotatable bonds is 12. The summed E-state index contributed by atoms with van der Waals surface area (Å²) in [6.45, 7) is 6.99. The van der Waals surface area contributed by atoms with Crippen LogP contribution in [0.25, 0.3) is 0 Å². The highest BCUT2D eigenvalue weighted by atomic mass is 35.5. The molecule has 0 spiro atoms. The molecule has 0 radical (unpaired) electrons. The maximum Gasteiger partial charge on any atom is 0.211 e. The standard InChI is InChI=1S/C20H24Cl2N2O3S.C15H15Cl2NO.C5H11NO3S/c1-14(16-4-3-5-17(21)11-16)23-12-15-6-7-19(22)20(10-15)27-18-8-9-24(13-18)28(2,25)26;1-10(12-3-2-4-13(16)8-12)18-9-11-5-6-14(17)15(19)7-11;1-10(8,9)6-3-2-5(7)4-6/h3-7,10-11,14,18,23H,8-9,12-13H2,1-2H3;2-8,10,18-19H,9H2,1H3;5,7H,2-4H2,1H3/t14-,18?;10-;/m11./s1. The van der Waals surface area contributed by atoms with E-state index in [2.05, 4.69) is 24.5 Å². The lowest BCUT2D eigenvalue weighted by atomic mass is 10.1. The highest BCUT2D eigenvalue weighted by molar-refractivity contribution is 7.88. The molecular weight excluding hydrogens is 854 g/mol. The minimum Gasteiger partial charge on any atom is -0.506 e. The molecule has 11 nitrogen and oxygen atoms in total. The van der Waals surface area contributed by atoms with Gasteiger partial charge in [0.05, 0.1) is 35.2 Å². The molecule has 0 aromatic heterocycles. The van der Waals surface area contributed by atoms with Crippen LogP contribution in [0.3, 0.4) is 0 Å². The summed E-state index contributed by atoms with van der Waals surface area (Å²) in [5, 5.41) is 27.7. The van der Waals surface area contributed by atoms with Crippen molar-refractivity contribution in [3.8, 4) is 11.5 Å². The van der Waals surface area contributed by atoms with Crippen molar-refractivity contribution < 1.29 is 31.8 Å². The smallest absolute Gasteiger partial charge is 0.211 e. The zero-order valence-corrected chi connectivity index (χ0v) is 36.9. The van der Waals surface area contributed by atoms with Gasteiger partial charge in [0, 0.05) is 54.9 Å². The quantitative estimate of drug-likeness (QED) is 0.112. The molecule has 2 aliphatic heterocycles. The first-order chi connectivity index (χ1) is 26.8. The number of aliphatic hydroxyl groups is 1. The summed E-state index contributed by atoms with van der Waals surface area (Å²) >= 11 is 24.1. The molecule has 6 rings (SSSR count). The molecule has 312 valence electrons. The van der Waals surface area contributed by atoms with Gasteiger partial charge in [-0.1, -0.05) is 82.8 Å². The van der Waals surface area contributed by atoms with Crippen LogP contribution in [-0.2, 0) is 33.1 Å². The number of benzene rings is 4. The first kappa shape index (κ1) is 47.0. The van der Waals surface area contributed by atoms with Crippen molar-refractivity contribution in [1.29, 1.82) is 0 Å². The minimum atomic E-state index is -3.19. The Morgan fingerprint density at radius 2 is 1.19 bits per heavy atom. The lowest BCUT2D eigenvalue weighted by molar-refractivity contribution is 0.189. The Labute approximate surface area is 356 Å². The van der Waals surface area contributed by atoms with Gasteiger partial charge in [-0.25, -0.2) is 16.8 Å². The number of halogens is 4. The predicted molar refractivity (Wildman–Crippen MR) is 230 cm³/mol. The summed E-state index contributed by atoms with van der Waals surface area (Å²) < 4.78 is 53.6. The summed E-state index contributed by atoms with van der Waals surface area (Å²) in [5.41, 5.74) is 4.26. The molecule has 0 amide bonds. The van der Waals surface area contributed by atoms with Crippen molar-refractivity contribution in [2.24, 2.45) is 0 Å². The highest BCUT2D eigenvalue weighted by Crippen LogP contribution is 2.30. The van der Waals surface area contributed by atoms with Crippen molar-refractivity contribution in [1.82, 2.24) is 19.2 Å². The summed E-state index contributed by atoms with van der Waals surface area (Å²) in [6, 6.07) is 26.8. The van der Waals surface area contributed by atoms with Gasteiger partial charge in [-0.05, 0) is 97.5 Å². The van der Waals surface area contributed by atoms with Gasteiger partial charge in [0.15, 0.2) is 0 Å². The predicted octanol–water partition coefficient (Wildman–Crippen LogP) is 7.82. The van der Waals surface area contributed by atoms with Crippen molar-refractivity contribution in [3.05, 3.63) is 127 Å². The summed E-state index contributed by atoms with van der Waals surface area (Å²) in [4.78, 5) is 0. The number of hydrogen-bond donors (Lipinski definition) is 4. The number of ether oxygens (including phenoxy) is 1. The Kier molecular flexibility index (Phi) is 17.8. The van der Waals surface area contributed by atoms with Crippen LogP contribution >= 0.6 is 46.4 Å². The summed E-state index contributed by atoms with van der Waals surface area (Å²) in [7, 11) is -6.25. The Morgan fingerprint density at radius 1 is 0.702 bits per heavy atom. The van der Waals surface area contributed by atoms with E-state index in [0.29, 0.717) is 66.4 Å². The van der Waals surface area contributed by atoms with E-state index in [1.165, 1.54) is 14.9 Å². The van der Waals surface area contributed by atoms with E-state index in [4.69, 9.17) is 56.2 Å². The third-order valence-corrected chi connectivity index (χ3v) is 13.0. The number of phenolic OH excluding ortho intramolecular Hbond substituents is 1. The molecule has 2 aliphatic rings. The van der Waals surface area contributed by atoms with E-state index in [-0.39, 0.29) is 30.5 Å². The van der Waals surface area contributed by atoms with Crippen LogP contribution in [0.1, 0.15) is 61.0 Å². The van der Waals surface area contributed by atoms with Gasteiger partial charge in [0.2, 0.25) is 20.0 Å². The molecule has 2 saturated heterocycles. The van der Waals surface area contributed by atoms with Crippen LogP contribution in [0.5, 0.6) is 11.5 Å². The van der Waals surface area contributed by atoms with E-state index in [1.807, 2.05) is 66.7 Å². The van der Waals surface area contributed by atoms with Crippen LogP contribution in [-0.4, -0.2) is 86.6 Å². The zero-order valence-electron chi connectivity index (χ0n) is 32.2. The van der Waals surface area contributed by atoms with Crippen LogP contribution in [0.2, 0.25) is 20.1 Å². The van der Waals surface area contributed by atoms with Gasteiger partial charge < -0.3 is 25.6 Å². The number of hydrogen-bond acceptors (Lipinski definition) is 9. The van der Waals surface area contributed by atoms with Crippen molar-refractivity contribution in [2.75, 3.05) is 38.7 Å². The minimum absolute atomic E-state index is 0.108. The second-order valence-electron chi connectivity index (χ2n) is 14.1. The number of β-amino-alcohol motifs (C(OH)–C–C–N with tert-alkyl or cyclic N) is 1. The van der Waals surface area contributed by atoms with Gasteiger partial charge in [-0.2, -0.15) is 8.61 Å². The van der Waals surface area contributed by atoms with Crippen molar-refractivity contribution in [3.63, 3.8) is 0 Å². The SMILES string of the molecule is CS(=O)(=O)N1CCC(O)C1.C[C@@H](NCc1ccc(Cl)c(O)c1)c1cccc(Cl)c1.C[C@@H](NCc1ccc(Cl)c(OC2CCN(S(C)(=O)=O)C2)c1)c1cccc(Cl)c1. The number of sulfonamides is 2. The molecule has 0 saturated carbocycles. The fourth-order valence-electron chi connectivity index (χ4n) is 6.03. The van der Waals surface area contributed by atoms with Crippen LogP contribution in [0, 0.1) is 0 Å². The molecule has 0 aliphatic carbocycles. The molecule has 2 unspecified atom stereocenters. The van der Waals surface area contributed by atoms with Gasteiger partial charge in [0.1, 0.15) is 17.6 Å². The van der Waals surface area contributed by atoms with E-state index in [9.17, 15) is 21.9 Å². The van der Waals surface area contributed by atoms with Gasteiger partial charge >= 0.3 is 0 Å². The second kappa shape index (κ2) is 21.6. The first-order valence-corrected chi connectivity index (χ1v) is 23.5. The largest absolute Gasteiger partial charge is 0.506 e. The Hall–Kier alpha value is -2.66. The molecular formula is C40H50Cl4N4O7S2. The van der Waals surface area contributed by atoms with Crippen molar-refractivity contribution >= 4 is 66.5 Å². The van der Waals surface area contributed by atoms with Gasteiger partial charge in [-0.3, -0.25) is 0 Å². The lowest BCUT2D eigenvalue weighted by Gasteiger charge is -2.18. The van der Waals surface area contributed by atoms with E-state index in [1.54, 1.807) is 18.2 Å². The lowest BCUT2D eigenvalue weighted by Crippen LogP contribution is -2.30. The average molecular weight is 905 g/mol. The molecule has 17 heteroatoms. The molecule has 4 aromatic carbocycles. The monoisotopic (exact) mass is 902 g/mol. The zero-order chi connectivity index (χ0) is 41.9. The molecule has 4 atom stereocenters. The number of aliphatic hydroxyl groups excluding tert-OH is 1. The second-order valence-corrected chi connectivity index (χ2v) is 19.7. The number of aromatic hydroxyl groups is 1. The number of nitrogens with one attached hydrogen (secondary N) is 2. The Balaban J connectivity index is 0.000000213.